The number of hydrogen-bond donors (Lipinski definition) is 1. The second-order valence-corrected chi connectivity index (χ2v) is 5.35. The zero-order valence-electron chi connectivity index (χ0n) is 12.9. The summed E-state index contributed by atoms with van der Waals surface area (Å²) in [5, 5.41) is 4.57. The van der Waals surface area contributed by atoms with E-state index in [1.807, 2.05) is 24.1 Å². The Labute approximate surface area is 120 Å². The van der Waals surface area contributed by atoms with Crippen molar-refractivity contribution in [1.29, 1.82) is 0 Å². The topological polar surface area (TPSA) is 61.7 Å². The molecule has 2 aromatic rings. The van der Waals surface area contributed by atoms with Crippen LogP contribution >= 0.6 is 0 Å². The van der Waals surface area contributed by atoms with Crippen LogP contribution in [0.4, 0.5) is 0 Å². The van der Waals surface area contributed by atoms with Gasteiger partial charge in [0.1, 0.15) is 11.6 Å². The Morgan fingerprint density at radius 2 is 2.10 bits per heavy atom. The minimum Gasteiger partial charge on any atom is -0.327 e. The number of aryl methyl sites for hydroxylation is 3. The average molecular weight is 275 g/mol. The molecule has 0 bridgehead atoms. The number of imidazole rings is 1. The zero-order valence-corrected chi connectivity index (χ0v) is 12.9. The highest BCUT2D eigenvalue weighted by Crippen LogP contribution is 2.21. The van der Waals surface area contributed by atoms with E-state index in [1.165, 1.54) is 5.56 Å². The molecule has 2 aromatic heterocycles. The summed E-state index contributed by atoms with van der Waals surface area (Å²) in [5.41, 5.74) is 8.43. The van der Waals surface area contributed by atoms with E-state index in [4.69, 9.17) is 5.73 Å². The molecule has 1 unspecified atom stereocenters. The smallest absolute Gasteiger partial charge is 0.139 e. The summed E-state index contributed by atoms with van der Waals surface area (Å²) in [6, 6.07) is 0.176. The summed E-state index contributed by atoms with van der Waals surface area (Å²) < 4.78 is 4.09. The monoisotopic (exact) mass is 275 g/mol. The van der Waals surface area contributed by atoms with E-state index < -0.39 is 0 Å². The van der Waals surface area contributed by atoms with Gasteiger partial charge in [0.05, 0.1) is 5.69 Å². The first-order valence-electron chi connectivity index (χ1n) is 7.39. The molecule has 0 aliphatic rings. The number of hydrogen-bond acceptors (Lipinski definition) is 3. The number of aromatic nitrogens is 4. The van der Waals surface area contributed by atoms with Crippen molar-refractivity contribution in [2.24, 2.45) is 12.8 Å². The Bertz CT molecular complexity index is 567. The molecule has 0 aliphatic heterocycles. The lowest BCUT2D eigenvalue weighted by molar-refractivity contribution is 0.638. The second kappa shape index (κ2) is 6.22. The van der Waals surface area contributed by atoms with Crippen LogP contribution in [0.15, 0.2) is 12.4 Å². The Morgan fingerprint density at radius 1 is 1.35 bits per heavy atom. The third-order valence-corrected chi connectivity index (χ3v) is 3.72. The molecule has 5 heteroatoms. The molecule has 110 valence electrons. The van der Waals surface area contributed by atoms with Gasteiger partial charge in [0, 0.05) is 37.5 Å². The lowest BCUT2D eigenvalue weighted by atomic mass is 10.0. The standard InChI is InChI=1S/C15H25N5/c1-5-7-14-17-8-9-20(14)15-13(10-12(16)6-2)11(3)18-19(15)4/h8-9,12H,5-7,10,16H2,1-4H3. The van der Waals surface area contributed by atoms with Crippen LogP contribution in [-0.4, -0.2) is 25.4 Å². The highest BCUT2D eigenvalue weighted by atomic mass is 15.3. The first-order valence-corrected chi connectivity index (χ1v) is 7.39. The molecule has 0 amide bonds. The summed E-state index contributed by atoms with van der Waals surface area (Å²) in [7, 11) is 1.99. The van der Waals surface area contributed by atoms with E-state index in [1.54, 1.807) is 0 Å². The molecule has 0 aliphatic carbocycles. The molecular formula is C15H25N5. The van der Waals surface area contributed by atoms with Crippen LogP contribution in [0.5, 0.6) is 0 Å². The number of nitrogens with two attached hydrogens (primary N) is 1. The molecule has 0 radical (unpaired) electrons. The van der Waals surface area contributed by atoms with Crippen LogP contribution < -0.4 is 5.73 Å². The maximum Gasteiger partial charge on any atom is 0.139 e. The summed E-state index contributed by atoms with van der Waals surface area (Å²) in [6.07, 6.45) is 7.75. The fourth-order valence-corrected chi connectivity index (χ4v) is 2.57. The SMILES string of the molecule is CCCc1nccn1-c1c(CC(N)CC)c(C)nn1C. The van der Waals surface area contributed by atoms with E-state index in [9.17, 15) is 0 Å². The molecule has 0 aromatic carbocycles. The van der Waals surface area contributed by atoms with Crippen LogP contribution in [0, 0.1) is 6.92 Å². The van der Waals surface area contributed by atoms with Gasteiger partial charge in [0.15, 0.2) is 0 Å². The normalized spacial score (nSPS) is 12.8. The third kappa shape index (κ3) is 2.77. The molecule has 5 nitrogen and oxygen atoms in total. The van der Waals surface area contributed by atoms with Gasteiger partial charge in [-0.3, -0.25) is 9.25 Å². The Hall–Kier alpha value is -1.62. The average Bonchev–Trinajstić information content (AvgIpc) is 2.95. The second-order valence-electron chi connectivity index (χ2n) is 5.35. The van der Waals surface area contributed by atoms with Gasteiger partial charge in [-0.1, -0.05) is 13.8 Å². The minimum atomic E-state index is 0.176. The molecule has 0 fully saturated rings. The Kier molecular flexibility index (Phi) is 4.60. The van der Waals surface area contributed by atoms with Crippen LogP contribution in [-0.2, 0) is 19.9 Å². The van der Waals surface area contributed by atoms with Gasteiger partial charge < -0.3 is 5.73 Å². The van der Waals surface area contributed by atoms with Crippen molar-refractivity contribution in [3.8, 4) is 5.82 Å². The molecule has 2 heterocycles. The van der Waals surface area contributed by atoms with Gasteiger partial charge >= 0.3 is 0 Å². The summed E-state index contributed by atoms with van der Waals surface area (Å²) in [5.74, 6) is 2.19. The number of rotatable bonds is 6. The van der Waals surface area contributed by atoms with E-state index in [-0.39, 0.29) is 6.04 Å². The summed E-state index contributed by atoms with van der Waals surface area (Å²) >= 11 is 0. The zero-order chi connectivity index (χ0) is 14.7. The van der Waals surface area contributed by atoms with Crippen LogP contribution in [0.25, 0.3) is 5.82 Å². The van der Waals surface area contributed by atoms with Gasteiger partial charge in [-0.05, 0) is 26.2 Å². The van der Waals surface area contributed by atoms with Crippen LogP contribution in [0.3, 0.4) is 0 Å². The lowest BCUT2D eigenvalue weighted by Crippen LogP contribution is -2.22. The lowest BCUT2D eigenvalue weighted by Gasteiger charge is -2.13. The Morgan fingerprint density at radius 3 is 2.75 bits per heavy atom. The van der Waals surface area contributed by atoms with Crippen molar-refractivity contribution in [3.63, 3.8) is 0 Å². The minimum absolute atomic E-state index is 0.176. The molecule has 0 saturated heterocycles. The predicted octanol–water partition coefficient (Wildman–Crippen LogP) is 2.15. The Balaban J connectivity index is 2.47. The first kappa shape index (κ1) is 14.8. The van der Waals surface area contributed by atoms with Crippen molar-refractivity contribution in [2.75, 3.05) is 0 Å². The van der Waals surface area contributed by atoms with Crippen molar-refractivity contribution in [2.45, 2.75) is 52.5 Å². The molecule has 2 N–H and O–H groups in total. The van der Waals surface area contributed by atoms with E-state index >= 15 is 0 Å². The summed E-state index contributed by atoms with van der Waals surface area (Å²) in [4.78, 5) is 4.46. The van der Waals surface area contributed by atoms with Gasteiger partial charge in [-0.15, -0.1) is 0 Å². The highest BCUT2D eigenvalue weighted by Gasteiger charge is 2.18. The number of nitrogens with zero attached hydrogens (tertiary/aromatic N) is 4. The molecule has 1 atom stereocenters. The van der Waals surface area contributed by atoms with Gasteiger partial charge in [-0.2, -0.15) is 5.10 Å². The highest BCUT2D eigenvalue weighted by molar-refractivity contribution is 5.40. The van der Waals surface area contributed by atoms with Crippen LogP contribution in [0.1, 0.15) is 43.8 Å². The molecular weight excluding hydrogens is 250 g/mol. The first-order chi connectivity index (χ1) is 9.58. The maximum absolute atomic E-state index is 6.14. The van der Waals surface area contributed by atoms with Gasteiger partial charge in [0.25, 0.3) is 0 Å². The molecule has 0 spiro atoms. The molecule has 20 heavy (non-hydrogen) atoms. The fraction of sp³-hybridized carbons (Fsp3) is 0.600. The molecule has 0 saturated carbocycles. The molecule has 2 rings (SSSR count). The fourth-order valence-electron chi connectivity index (χ4n) is 2.57. The predicted molar refractivity (Wildman–Crippen MR) is 81.0 cm³/mol. The largest absolute Gasteiger partial charge is 0.327 e. The van der Waals surface area contributed by atoms with Crippen molar-refractivity contribution >= 4 is 0 Å². The van der Waals surface area contributed by atoms with Crippen molar-refractivity contribution < 1.29 is 0 Å². The van der Waals surface area contributed by atoms with Crippen molar-refractivity contribution in [3.05, 3.63) is 29.5 Å². The summed E-state index contributed by atoms with van der Waals surface area (Å²) in [6.45, 7) is 6.34. The van der Waals surface area contributed by atoms with Gasteiger partial charge in [-0.25, -0.2) is 4.98 Å². The maximum atomic E-state index is 6.14. The van der Waals surface area contributed by atoms with Gasteiger partial charge in [0.2, 0.25) is 0 Å². The van der Waals surface area contributed by atoms with E-state index in [2.05, 4.69) is 35.4 Å². The third-order valence-electron chi connectivity index (χ3n) is 3.72. The van der Waals surface area contributed by atoms with E-state index in [0.717, 1.165) is 43.0 Å². The van der Waals surface area contributed by atoms with Crippen LogP contribution in [0.2, 0.25) is 0 Å². The van der Waals surface area contributed by atoms with E-state index in [0.29, 0.717) is 0 Å². The quantitative estimate of drug-likeness (QED) is 0.878. The van der Waals surface area contributed by atoms with Crippen molar-refractivity contribution in [1.82, 2.24) is 19.3 Å².